The lowest BCUT2D eigenvalue weighted by molar-refractivity contribution is -0.128. The molecule has 0 unspecified atom stereocenters. The van der Waals surface area contributed by atoms with Crippen molar-refractivity contribution >= 4 is 17.6 Å². The van der Waals surface area contributed by atoms with Crippen LogP contribution in [0.5, 0.6) is 17.2 Å². The van der Waals surface area contributed by atoms with Crippen molar-refractivity contribution in [1.82, 2.24) is 9.78 Å². The largest absolute Gasteiger partial charge is 0.504 e. The zero-order chi connectivity index (χ0) is 18.4. The molecule has 2 heterocycles. The highest BCUT2D eigenvalue weighted by Gasteiger charge is 2.38. The summed E-state index contributed by atoms with van der Waals surface area (Å²) < 4.78 is 18.2. The maximum absolute atomic E-state index is 12.3. The van der Waals surface area contributed by atoms with E-state index in [-0.39, 0.29) is 35.5 Å². The third kappa shape index (κ3) is 3.37. The summed E-state index contributed by atoms with van der Waals surface area (Å²) in [6.45, 7) is 7.25. The van der Waals surface area contributed by atoms with Gasteiger partial charge < -0.3 is 19.3 Å². The second-order valence-electron chi connectivity index (χ2n) is 6.49. The van der Waals surface area contributed by atoms with Crippen LogP contribution in [0.3, 0.4) is 0 Å². The number of rotatable bonds is 4. The van der Waals surface area contributed by atoms with Crippen LogP contribution in [0.15, 0.2) is 18.3 Å². The zero-order valence-corrected chi connectivity index (χ0v) is 15.1. The summed E-state index contributed by atoms with van der Waals surface area (Å²) in [5.41, 5.74) is 0.731. The minimum atomic E-state index is -1.16. The molecule has 1 N–H and O–H groups in total. The van der Waals surface area contributed by atoms with Gasteiger partial charge in [-0.15, -0.1) is 0 Å². The van der Waals surface area contributed by atoms with Crippen LogP contribution in [-0.4, -0.2) is 26.6 Å². The molecule has 1 aliphatic rings. The minimum Gasteiger partial charge on any atom is -0.504 e. The van der Waals surface area contributed by atoms with Crippen LogP contribution in [0, 0.1) is 0 Å². The van der Waals surface area contributed by atoms with E-state index in [1.807, 2.05) is 13.8 Å². The van der Waals surface area contributed by atoms with Gasteiger partial charge >= 0.3 is 5.97 Å². The van der Waals surface area contributed by atoms with Gasteiger partial charge in [0.1, 0.15) is 17.9 Å². The highest BCUT2D eigenvalue weighted by atomic mass is 35.5. The van der Waals surface area contributed by atoms with Gasteiger partial charge in [0.25, 0.3) is 0 Å². The molecule has 25 heavy (non-hydrogen) atoms. The summed E-state index contributed by atoms with van der Waals surface area (Å²) in [7, 11) is 0. The van der Waals surface area contributed by atoms with E-state index < -0.39 is 11.8 Å². The number of fused-ring (bicyclic) bond motifs is 1. The van der Waals surface area contributed by atoms with Crippen molar-refractivity contribution in [2.45, 2.75) is 46.1 Å². The molecule has 0 saturated heterocycles. The molecular formula is C17H19ClN2O5. The summed E-state index contributed by atoms with van der Waals surface area (Å²) in [6, 6.07) is 3.05. The number of benzene rings is 1. The Morgan fingerprint density at radius 1 is 1.36 bits per heavy atom. The summed E-state index contributed by atoms with van der Waals surface area (Å²) >= 11 is 6.12. The topological polar surface area (TPSA) is 82.8 Å². The van der Waals surface area contributed by atoms with E-state index in [1.165, 1.54) is 12.1 Å². The first kappa shape index (κ1) is 17.4. The monoisotopic (exact) mass is 366 g/mol. The maximum atomic E-state index is 12.3. The predicted molar refractivity (Wildman–Crippen MR) is 90.2 cm³/mol. The highest BCUT2D eigenvalue weighted by Crippen LogP contribution is 2.43. The van der Waals surface area contributed by atoms with Crippen LogP contribution < -0.4 is 9.47 Å². The average Bonchev–Trinajstić information content (AvgIpc) is 2.87. The number of aromatic nitrogens is 2. The van der Waals surface area contributed by atoms with Crippen molar-refractivity contribution in [2.24, 2.45) is 0 Å². The van der Waals surface area contributed by atoms with Crippen LogP contribution in [0.25, 0.3) is 0 Å². The van der Waals surface area contributed by atoms with E-state index in [0.717, 1.165) is 0 Å². The van der Waals surface area contributed by atoms with E-state index in [1.54, 1.807) is 24.7 Å². The fourth-order valence-corrected chi connectivity index (χ4v) is 2.63. The molecule has 0 saturated carbocycles. The van der Waals surface area contributed by atoms with Gasteiger partial charge in [-0.25, -0.2) is 4.79 Å². The Kier molecular flexibility index (Phi) is 4.28. The molecule has 3 rings (SSSR count). The van der Waals surface area contributed by atoms with Gasteiger partial charge in [-0.2, -0.15) is 5.10 Å². The number of halogens is 1. The molecule has 8 heteroatoms. The Morgan fingerprint density at radius 2 is 2.08 bits per heavy atom. The first-order valence-corrected chi connectivity index (χ1v) is 8.20. The molecule has 0 bridgehead atoms. The van der Waals surface area contributed by atoms with Crippen molar-refractivity contribution in [3.63, 3.8) is 0 Å². The van der Waals surface area contributed by atoms with E-state index in [9.17, 15) is 9.90 Å². The fraction of sp³-hybridized carbons (Fsp3) is 0.412. The number of esters is 1. The summed E-state index contributed by atoms with van der Waals surface area (Å²) in [4.78, 5) is 12.3. The molecular weight excluding hydrogens is 348 g/mol. The number of carbonyl (C=O) groups is 1. The lowest BCUT2D eigenvalue weighted by Crippen LogP contribution is -2.39. The Balaban J connectivity index is 1.89. The van der Waals surface area contributed by atoms with Crippen molar-refractivity contribution in [3.05, 3.63) is 34.6 Å². The fourth-order valence-electron chi connectivity index (χ4n) is 2.44. The quantitative estimate of drug-likeness (QED) is 0.831. The molecule has 0 fully saturated rings. The first-order valence-electron chi connectivity index (χ1n) is 7.82. The lowest BCUT2D eigenvalue weighted by atomic mass is 10.1. The average molecular weight is 367 g/mol. The SMILES string of the molecule is CC(C)n1cc(COc2ccc(O)c3c2C(=O)OC(C)(C)O3)c(Cl)n1. The number of hydrogen-bond donors (Lipinski definition) is 1. The maximum Gasteiger partial charge on any atom is 0.349 e. The second kappa shape index (κ2) is 6.15. The van der Waals surface area contributed by atoms with Gasteiger partial charge in [0, 0.05) is 31.6 Å². The number of cyclic esters (lactones) is 1. The molecule has 7 nitrogen and oxygen atoms in total. The Bertz CT molecular complexity index is 829. The number of aromatic hydroxyl groups is 1. The molecule has 0 spiro atoms. The van der Waals surface area contributed by atoms with E-state index in [0.29, 0.717) is 10.7 Å². The van der Waals surface area contributed by atoms with Gasteiger partial charge in [-0.3, -0.25) is 4.68 Å². The predicted octanol–water partition coefficient (Wildman–Crippen LogP) is 3.69. The van der Waals surface area contributed by atoms with Crippen LogP contribution in [0.4, 0.5) is 0 Å². The lowest BCUT2D eigenvalue weighted by Gasteiger charge is -2.32. The van der Waals surface area contributed by atoms with Gasteiger partial charge in [0.2, 0.25) is 5.79 Å². The number of nitrogens with zero attached hydrogens (tertiary/aromatic N) is 2. The number of phenols is 1. The van der Waals surface area contributed by atoms with Gasteiger partial charge in [-0.05, 0) is 26.0 Å². The van der Waals surface area contributed by atoms with Crippen molar-refractivity contribution < 1.29 is 24.1 Å². The first-order chi connectivity index (χ1) is 11.7. The molecule has 0 radical (unpaired) electrons. The van der Waals surface area contributed by atoms with E-state index >= 15 is 0 Å². The van der Waals surface area contributed by atoms with Crippen molar-refractivity contribution in [1.29, 1.82) is 0 Å². The molecule has 0 atom stereocenters. The van der Waals surface area contributed by atoms with Crippen molar-refractivity contribution in [2.75, 3.05) is 0 Å². The second-order valence-corrected chi connectivity index (χ2v) is 6.84. The standard InChI is InChI=1S/C17H19ClN2O5/c1-9(2)20-7-10(15(18)19-20)8-23-12-6-5-11(21)14-13(12)16(22)25-17(3,4)24-14/h5-7,9,21H,8H2,1-4H3. The molecule has 0 aliphatic carbocycles. The summed E-state index contributed by atoms with van der Waals surface area (Å²) in [5, 5.41) is 14.5. The van der Waals surface area contributed by atoms with Crippen LogP contribution in [0.2, 0.25) is 5.15 Å². The van der Waals surface area contributed by atoms with E-state index in [4.69, 9.17) is 25.8 Å². The number of carbonyl (C=O) groups excluding carboxylic acids is 1. The third-order valence-electron chi connectivity index (χ3n) is 3.66. The minimum absolute atomic E-state index is 0.0442. The number of phenolic OH excluding ortho intramolecular Hbond substituents is 1. The van der Waals surface area contributed by atoms with Crippen LogP contribution >= 0.6 is 11.6 Å². The van der Waals surface area contributed by atoms with Crippen LogP contribution in [0.1, 0.15) is 49.7 Å². The summed E-state index contributed by atoms with van der Waals surface area (Å²) in [6.07, 6.45) is 1.79. The third-order valence-corrected chi connectivity index (χ3v) is 3.98. The van der Waals surface area contributed by atoms with Crippen molar-refractivity contribution in [3.8, 4) is 17.2 Å². The van der Waals surface area contributed by atoms with Crippen LogP contribution in [-0.2, 0) is 11.3 Å². The molecule has 2 aromatic rings. The Hall–Kier alpha value is -2.41. The summed E-state index contributed by atoms with van der Waals surface area (Å²) in [5.74, 6) is -1.66. The van der Waals surface area contributed by atoms with Gasteiger partial charge in [0.15, 0.2) is 16.7 Å². The van der Waals surface area contributed by atoms with Gasteiger partial charge in [-0.1, -0.05) is 11.6 Å². The van der Waals surface area contributed by atoms with Gasteiger partial charge in [0.05, 0.1) is 0 Å². The molecule has 1 aromatic carbocycles. The molecule has 1 aliphatic heterocycles. The molecule has 134 valence electrons. The number of ether oxygens (including phenoxy) is 3. The van der Waals surface area contributed by atoms with E-state index in [2.05, 4.69) is 5.10 Å². The number of hydrogen-bond acceptors (Lipinski definition) is 6. The Morgan fingerprint density at radius 3 is 2.72 bits per heavy atom. The highest BCUT2D eigenvalue weighted by molar-refractivity contribution is 6.30. The Labute approximate surface area is 150 Å². The molecule has 0 amide bonds. The molecule has 1 aromatic heterocycles. The normalized spacial score (nSPS) is 15.5. The zero-order valence-electron chi connectivity index (χ0n) is 14.4. The smallest absolute Gasteiger partial charge is 0.349 e.